The van der Waals surface area contributed by atoms with Gasteiger partial charge in [0.15, 0.2) is 0 Å². The van der Waals surface area contributed by atoms with Crippen LogP contribution in [-0.4, -0.2) is 60.3 Å². The van der Waals surface area contributed by atoms with Gasteiger partial charge in [-0.25, -0.2) is 9.59 Å². The molecule has 1 saturated carbocycles. The number of hydrogen-bond acceptors (Lipinski definition) is 4. The molecule has 0 bridgehead atoms. The van der Waals surface area contributed by atoms with Gasteiger partial charge in [-0.05, 0) is 34.0 Å². The summed E-state index contributed by atoms with van der Waals surface area (Å²) >= 11 is 0. The predicted molar refractivity (Wildman–Crippen MR) is 73.3 cm³/mol. The van der Waals surface area contributed by atoms with Gasteiger partial charge in [0.1, 0.15) is 0 Å². The molecule has 0 aromatic carbocycles. The minimum Gasteiger partial charge on any atom is -0.473 e. The Labute approximate surface area is 114 Å². The van der Waals surface area contributed by atoms with Gasteiger partial charge in [-0.15, -0.1) is 0 Å². The SMILES string of the molecule is CNC1CCCCCCC1N(C)C.O=C(O)C(=O)O. The summed E-state index contributed by atoms with van der Waals surface area (Å²) in [7, 11) is 6.51. The lowest BCUT2D eigenvalue weighted by atomic mass is 9.92. The minimum absolute atomic E-state index is 0.704. The molecule has 0 aromatic heterocycles. The summed E-state index contributed by atoms with van der Waals surface area (Å²) in [5.41, 5.74) is 0. The monoisotopic (exact) mass is 274 g/mol. The number of carbonyl (C=O) groups is 2. The van der Waals surface area contributed by atoms with Crippen LogP contribution >= 0.6 is 0 Å². The van der Waals surface area contributed by atoms with Gasteiger partial charge < -0.3 is 20.4 Å². The largest absolute Gasteiger partial charge is 0.473 e. The minimum atomic E-state index is -1.82. The van der Waals surface area contributed by atoms with Gasteiger partial charge in [-0.1, -0.05) is 25.7 Å². The molecule has 2 atom stereocenters. The van der Waals surface area contributed by atoms with Crippen molar-refractivity contribution in [1.29, 1.82) is 0 Å². The van der Waals surface area contributed by atoms with Crippen molar-refractivity contribution < 1.29 is 19.8 Å². The normalized spacial score (nSPS) is 23.8. The van der Waals surface area contributed by atoms with Crippen molar-refractivity contribution in [1.82, 2.24) is 10.2 Å². The number of carboxylic acid groups (broad SMARTS) is 2. The summed E-state index contributed by atoms with van der Waals surface area (Å²) in [4.78, 5) is 20.6. The molecule has 0 spiro atoms. The molecule has 19 heavy (non-hydrogen) atoms. The highest BCUT2D eigenvalue weighted by Crippen LogP contribution is 2.20. The molecule has 0 amide bonds. The Morgan fingerprint density at radius 1 is 1.00 bits per heavy atom. The summed E-state index contributed by atoms with van der Waals surface area (Å²) in [5, 5.41) is 18.2. The maximum atomic E-state index is 9.10. The number of likely N-dealkylation sites (N-methyl/N-ethyl adjacent to an activating group) is 2. The molecular weight excluding hydrogens is 248 g/mol. The van der Waals surface area contributed by atoms with Crippen molar-refractivity contribution >= 4 is 11.9 Å². The maximum absolute atomic E-state index is 9.10. The van der Waals surface area contributed by atoms with Gasteiger partial charge in [0, 0.05) is 12.1 Å². The molecule has 0 heterocycles. The molecule has 112 valence electrons. The first-order chi connectivity index (χ1) is 8.90. The topological polar surface area (TPSA) is 89.9 Å². The highest BCUT2D eigenvalue weighted by molar-refractivity contribution is 6.27. The molecule has 0 aromatic rings. The van der Waals surface area contributed by atoms with E-state index in [-0.39, 0.29) is 0 Å². The van der Waals surface area contributed by atoms with Gasteiger partial charge in [-0.3, -0.25) is 0 Å². The second kappa shape index (κ2) is 9.75. The quantitative estimate of drug-likeness (QED) is 0.651. The molecule has 3 N–H and O–H groups in total. The first-order valence-corrected chi connectivity index (χ1v) is 6.70. The smallest absolute Gasteiger partial charge is 0.414 e. The van der Waals surface area contributed by atoms with Gasteiger partial charge >= 0.3 is 11.9 Å². The Kier molecular flexibility index (Phi) is 9.16. The van der Waals surface area contributed by atoms with Crippen LogP contribution in [0.1, 0.15) is 38.5 Å². The molecule has 2 unspecified atom stereocenters. The van der Waals surface area contributed by atoms with Crippen LogP contribution in [0.2, 0.25) is 0 Å². The molecule has 6 nitrogen and oxygen atoms in total. The predicted octanol–water partition coefficient (Wildman–Crippen LogP) is 1.01. The number of rotatable bonds is 2. The number of carboxylic acids is 2. The van der Waals surface area contributed by atoms with Crippen LogP contribution in [0.3, 0.4) is 0 Å². The van der Waals surface area contributed by atoms with Crippen LogP contribution in [0.5, 0.6) is 0 Å². The van der Waals surface area contributed by atoms with Crippen molar-refractivity contribution in [3.63, 3.8) is 0 Å². The van der Waals surface area contributed by atoms with Crippen LogP contribution in [0.25, 0.3) is 0 Å². The van der Waals surface area contributed by atoms with E-state index < -0.39 is 11.9 Å². The molecule has 6 heteroatoms. The molecule has 0 radical (unpaired) electrons. The zero-order chi connectivity index (χ0) is 14.8. The Morgan fingerprint density at radius 2 is 1.47 bits per heavy atom. The van der Waals surface area contributed by atoms with Gasteiger partial charge in [0.2, 0.25) is 0 Å². The third-order valence-electron chi connectivity index (χ3n) is 3.45. The molecule has 1 aliphatic rings. The average molecular weight is 274 g/mol. The van der Waals surface area contributed by atoms with Gasteiger partial charge in [-0.2, -0.15) is 0 Å². The van der Waals surface area contributed by atoms with E-state index >= 15 is 0 Å². The summed E-state index contributed by atoms with van der Waals surface area (Å²) in [6, 6.07) is 1.44. The fraction of sp³-hybridized carbons (Fsp3) is 0.846. The standard InChI is InChI=1S/C11H24N2.C2H2O4/c1-12-10-8-6-4-5-7-9-11(10)13(2)3;3-1(4)2(5)6/h10-12H,4-9H2,1-3H3;(H,3,4)(H,5,6). The summed E-state index contributed by atoms with van der Waals surface area (Å²) in [6.07, 6.45) is 8.37. The maximum Gasteiger partial charge on any atom is 0.414 e. The van der Waals surface area contributed by atoms with Crippen molar-refractivity contribution in [2.45, 2.75) is 50.6 Å². The zero-order valence-electron chi connectivity index (χ0n) is 12.1. The van der Waals surface area contributed by atoms with Gasteiger partial charge in [0.25, 0.3) is 0 Å². The van der Waals surface area contributed by atoms with E-state index in [0.717, 1.165) is 6.04 Å². The Morgan fingerprint density at radius 3 is 1.84 bits per heavy atom. The highest BCUT2D eigenvalue weighted by atomic mass is 16.4. The zero-order valence-corrected chi connectivity index (χ0v) is 12.1. The molecule has 1 fully saturated rings. The second-order valence-electron chi connectivity index (χ2n) is 5.03. The third-order valence-corrected chi connectivity index (χ3v) is 3.45. The van der Waals surface area contributed by atoms with Gasteiger partial charge in [0.05, 0.1) is 0 Å². The first-order valence-electron chi connectivity index (χ1n) is 6.70. The number of hydrogen-bond donors (Lipinski definition) is 3. The van der Waals surface area contributed by atoms with Crippen LogP contribution in [-0.2, 0) is 9.59 Å². The lowest BCUT2D eigenvalue weighted by molar-refractivity contribution is -0.159. The molecular formula is C13H26N2O4. The van der Waals surface area contributed by atoms with Crippen LogP contribution in [0.4, 0.5) is 0 Å². The molecule has 0 aliphatic heterocycles. The lowest BCUT2D eigenvalue weighted by Crippen LogP contribution is -2.46. The molecule has 1 aliphatic carbocycles. The van der Waals surface area contributed by atoms with Crippen LogP contribution in [0.15, 0.2) is 0 Å². The van der Waals surface area contributed by atoms with Crippen molar-refractivity contribution in [3.8, 4) is 0 Å². The fourth-order valence-electron chi connectivity index (χ4n) is 2.42. The van der Waals surface area contributed by atoms with E-state index in [1.807, 2.05) is 0 Å². The summed E-state index contributed by atoms with van der Waals surface area (Å²) in [6.45, 7) is 0. The van der Waals surface area contributed by atoms with E-state index in [9.17, 15) is 0 Å². The number of nitrogens with zero attached hydrogens (tertiary/aromatic N) is 1. The van der Waals surface area contributed by atoms with Crippen LogP contribution in [0, 0.1) is 0 Å². The van der Waals surface area contributed by atoms with E-state index in [1.165, 1.54) is 38.5 Å². The van der Waals surface area contributed by atoms with E-state index in [0.29, 0.717) is 6.04 Å². The summed E-state index contributed by atoms with van der Waals surface area (Å²) < 4.78 is 0. The highest BCUT2D eigenvalue weighted by Gasteiger charge is 2.22. The molecule has 0 saturated heterocycles. The van der Waals surface area contributed by atoms with Crippen molar-refractivity contribution in [2.75, 3.05) is 21.1 Å². The lowest BCUT2D eigenvalue weighted by Gasteiger charge is -2.33. The van der Waals surface area contributed by atoms with Crippen LogP contribution < -0.4 is 5.32 Å². The van der Waals surface area contributed by atoms with Crippen molar-refractivity contribution in [2.24, 2.45) is 0 Å². The Bertz CT molecular complexity index is 270. The number of aliphatic carboxylic acids is 2. The molecule has 1 rings (SSSR count). The summed E-state index contributed by atoms with van der Waals surface area (Å²) in [5.74, 6) is -3.65. The Balaban J connectivity index is 0.000000459. The van der Waals surface area contributed by atoms with Crippen molar-refractivity contribution in [3.05, 3.63) is 0 Å². The Hall–Kier alpha value is -1.14. The third kappa shape index (κ3) is 7.79. The fourth-order valence-corrected chi connectivity index (χ4v) is 2.42. The van der Waals surface area contributed by atoms with E-state index in [1.54, 1.807) is 0 Å². The van der Waals surface area contributed by atoms with E-state index in [2.05, 4.69) is 31.4 Å². The van der Waals surface area contributed by atoms with E-state index in [4.69, 9.17) is 19.8 Å². The second-order valence-corrected chi connectivity index (χ2v) is 5.03. The number of nitrogens with one attached hydrogen (secondary N) is 1. The first kappa shape index (κ1) is 17.9. The average Bonchev–Trinajstić information content (AvgIpc) is 2.29.